The van der Waals surface area contributed by atoms with Crippen LogP contribution in [0.1, 0.15) is 21.5 Å². The third-order valence-corrected chi connectivity index (χ3v) is 4.02. The number of rotatable bonds is 2. The molecule has 0 unspecified atom stereocenters. The number of urea groups is 1. The molecule has 26 heavy (non-hydrogen) atoms. The smallest absolute Gasteiger partial charge is 0.326 e. The molecule has 3 amide bonds. The molecule has 128 valence electrons. The topological polar surface area (TPSA) is 102 Å². The summed E-state index contributed by atoms with van der Waals surface area (Å²) in [6.07, 6.45) is 0. The summed E-state index contributed by atoms with van der Waals surface area (Å²) in [4.78, 5) is 24.4. The number of nitrogens with zero attached hydrogens (tertiary/aromatic N) is 1. The molecule has 0 atom stereocenters. The van der Waals surface area contributed by atoms with Crippen LogP contribution in [0.4, 0.5) is 10.5 Å². The van der Waals surface area contributed by atoms with E-state index in [0.29, 0.717) is 16.8 Å². The van der Waals surface area contributed by atoms with Crippen LogP contribution in [0.5, 0.6) is 5.75 Å². The highest BCUT2D eigenvalue weighted by Gasteiger charge is 2.18. The summed E-state index contributed by atoms with van der Waals surface area (Å²) < 4.78 is 0. The van der Waals surface area contributed by atoms with Gasteiger partial charge in [0.25, 0.3) is 5.91 Å². The lowest BCUT2D eigenvalue weighted by Crippen LogP contribution is -2.34. The number of hydrogen-bond donors (Lipinski definition) is 3. The molecule has 6 heteroatoms. The highest BCUT2D eigenvalue weighted by atomic mass is 16.3. The summed E-state index contributed by atoms with van der Waals surface area (Å²) >= 11 is 0. The number of carbonyl (C=O) groups is 2. The highest BCUT2D eigenvalue weighted by Crippen LogP contribution is 2.30. The quantitative estimate of drug-likeness (QED) is 0.659. The van der Waals surface area contributed by atoms with E-state index in [1.165, 1.54) is 0 Å². The summed E-state index contributed by atoms with van der Waals surface area (Å²) in [7, 11) is 0. The molecule has 0 radical (unpaired) electrons. The molecule has 0 aliphatic carbocycles. The summed E-state index contributed by atoms with van der Waals surface area (Å²) in [6.45, 7) is 1.71. The van der Waals surface area contributed by atoms with E-state index in [-0.39, 0.29) is 11.3 Å². The number of amides is 3. The second kappa shape index (κ2) is 6.95. The minimum absolute atomic E-state index is 0.0242. The molecule has 3 N–H and O–H groups in total. The second-order valence-electron chi connectivity index (χ2n) is 5.72. The van der Waals surface area contributed by atoms with Crippen LogP contribution < -0.4 is 10.6 Å². The van der Waals surface area contributed by atoms with Gasteiger partial charge in [-0.3, -0.25) is 10.1 Å². The van der Waals surface area contributed by atoms with Gasteiger partial charge >= 0.3 is 6.03 Å². The molecule has 0 heterocycles. The Balaban J connectivity index is 1.79. The molecule has 0 fully saturated rings. The Morgan fingerprint density at radius 3 is 2.46 bits per heavy atom. The van der Waals surface area contributed by atoms with Crippen molar-refractivity contribution in [2.24, 2.45) is 0 Å². The normalized spacial score (nSPS) is 10.2. The van der Waals surface area contributed by atoms with E-state index in [4.69, 9.17) is 5.26 Å². The lowest BCUT2D eigenvalue weighted by Gasteiger charge is -2.11. The Kier molecular flexibility index (Phi) is 4.54. The lowest BCUT2D eigenvalue weighted by atomic mass is 10.00. The number of phenolic OH excluding ortho intramolecular Hbond substituents is 1. The maximum Gasteiger partial charge on any atom is 0.326 e. The molecule has 3 aromatic carbocycles. The van der Waals surface area contributed by atoms with Crippen molar-refractivity contribution in [3.05, 3.63) is 71.3 Å². The predicted octanol–water partition coefficient (Wildman–Crippen LogP) is 3.69. The van der Waals surface area contributed by atoms with Gasteiger partial charge < -0.3 is 10.4 Å². The molecule has 3 aromatic rings. The van der Waals surface area contributed by atoms with Crippen molar-refractivity contribution in [3.63, 3.8) is 0 Å². The Morgan fingerprint density at radius 1 is 1.08 bits per heavy atom. The van der Waals surface area contributed by atoms with E-state index in [1.54, 1.807) is 37.3 Å². The van der Waals surface area contributed by atoms with Crippen molar-refractivity contribution in [2.45, 2.75) is 6.92 Å². The molecule has 0 saturated heterocycles. The van der Waals surface area contributed by atoms with E-state index in [9.17, 15) is 14.7 Å². The first-order valence-corrected chi connectivity index (χ1v) is 7.83. The van der Waals surface area contributed by atoms with E-state index >= 15 is 0 Å². The summed E-state index contributed by atoms with van der Waals surface area (Å²) in [5.41, 5.74) is 1.49. The number of hydrogen-bond acceptors (Lipinski definition) is 4. The molecule has 0 aromatic heterocycles. The minimum Gasteiger partial charge on any atom is -0.507 e. The van der Waals surface area contributed by atoms with Crippen LogP contribution in [-0.4, -0.2) is 17.0 Å². The largest absolute Gasteiger partial charge is 0.507 e. The molecule has 0 spiro atoms. The molecule has 6 nitrogen and oxygen atoms in total. The van der Waals surface area contributed by atoms with Crippen LogP contribution in [-0.2, 0) is 0 Å². The van der Waals surface area contributed by atoms with Crippen LogP contribution in [0.2, 0.25) is 0 Å². The van der Waals surface area contributed by atoms with Crippen molar-refractivity contribution in [1.82, 2.24) is 5.32 Å². The van der Waals surface area contributed by atoms with Gasteiger partial charge in [-0.1, -0.05) is 24.3 Å². The molecular formula is C20H15N3O3. The average molecular weight is 345 g/mol. The van der Waals surface area contributed by atoms with Crippen molar-refractivity contribution in [3.8, 4) is 11.8 Å². The van der Waals surface area contributed by atoms with E-state index in [1.807, 2.05) is 30.3 Å². The van der Waals surface area contributed by atoms with Gasteiger partial charge in [-0.15, -0.1) is 0 Å². The number of nitrogens with one attached hydrogen (secondary N) is 2. The molecule has 0 bridgehead atoms. The van der Waals surface area contributed by atoms with Gasteiger partial charge in [-0.25, -0.2) is 4.79 Å². The van der Waals surface area contributed by atoms with Crippen molar-refractivity contribution < 1.29 is 14.7 Å². The van der Waals surface area contributed by atoms with Gasteiger partial charge in [0.2, 0.25) is 0 Å². The molecule has 3 rings (SSSR count). The first-order valence-electron chi connectivity index (χ1n) is 7.83. The number of imide groups is 1. The summed E-state index contributed by atoms with van der Waals surface area (Å²) in [5.74, 6) is -0.866. The third-order valence-electron chi connectivity index (χ3n) is 4.02. The Morgan fingerprint density at radius 2 is 1.77 bits per heavy atom. The zero-order valence-electron chi connectivity index (χ0n) is 13.9. The monoisotopic (exact) mass is 345 g/mol. The molecule has 0 aliphatic rings. The Bertz CT molecular complexity index is 1050. The molecule has 0 aliphatic heterocycles. The fourth-order valence-corrected chi connectivity index (χ4v) is 2.65. The summed E-state index contributed by atoms with van der Waals surface area (Å²) in [5, 5.41) is 25.4. The van der Waals surface area contributed by atoms with Crippen molar-refractivity contribution >= 4 is 28.4 Å². The van der Waals surface area contributed by atoms with E-state index in [2.05, 4.69) is 10.6 Å². The second-order valence-corrected chi connectivity index (χ2v) is 5.72. The van der Waals surface area contributed by atoms with Gasteiger partial charge in [0.15, 0.2) is 0 Å². The van der Waals surface area contributed by atoms with Crippen LogP contribution in [0.3, 0.4) is 0 Å². The highest BCUT2D eigenvalue weighted by molar-refractivity contribution is 6.11. The third kappa shape index (κ3) is 3.32. The molecular weight excluding hydrogens is 330 g/mol. The summed E-state index contributed by atoms with van der Waals surface area (Å²) in [6, 6.07) is 16.4. The van der Waals surface area contributed by atoms with Crippen molar-refractivity contribution in [2.75, 3.05) is 5.32 Å². The number of benzene rings is 3. The van der Waals surface area contributed by atoms with E-state index in [0.717, 1.165) is 10.8 Å². The number of carbonyl (C=O) groups excluding carboxylic acids is 2. The van der Waals surface area contributed by atoms with Gasteiger partial charge in [0.05, 0.1) is 17.2 Å². The van der Waals surface area contributed by atoms with Crippen LogP contribution >= 0.6 is 0 Å². The number of aryl methyl sites for hydroxylation is 1. The molecule has 0 saturated carbocycles. The van der Waals surface area contributed by atoms with Gasteiger partial charge in [-0.2, -0.15) is 5.26 Å². The zero-order valence-corrected chi connectivity index (χ0v) is 13.9. The van der Waals surface area contributed by atoms with Crippen molar-refractivity contribution in [1.29, 1.82) is 5.26 Å². The number of aromatic hydroxyl groups is 1. The SMILES string of the molecule is Cc1c(O)c(C(=O)NC(=O)Nc2ccc(C#N)cc2)cc2ccccc12. The van der Waals surface area contributed by atoms with Gasteiger partial charge in [-0.05, 0) is 53.6 Å². The first kappa shape index (κ1) is 17.0. The standard InChI is InChI=1S/C20H15N3O3/c1-12-16-5-3-2-4-14(16)10-17(18(12)24)19(25)23-20(26)22-15-8-6-13(11-21)7-9-15/h2-10,24H,1H3,(H2,22,23,25,26). The number of nitriles is 1. The number of fused-ring (bicyclic) bond motifs is 1. The number of anilines is 1. The van der Waals surface area contributed by atoms with Crippen LogP contribution in [0.25, 0.3) is 10.8 Å². The minimum atomic E-state index is -0.732. The number of phenols is 1. The fraction of sp³-hybridized carbons (Fsp3) is 0.0500. The zero-order chi connectivity index (χ0) is 18.7. The predicted molar refractivity (Wildman–Crippen MR) is 98.0 cm³/mol. The average Bonchev–Trinajstić information content (AvgIpc) is 2.65. The maximum absolute atomic E-state index is 12.4. The lowest BCUT2D eigenvalue weighted by molar-refractivity contribution is 0.0964. The Hall–Kier alpha value is -3.85. The van der Waals surface area contributed by atoms with Crippen LogP contribution in [0, 0.1) is 18.3 Å². The van der Waals surface area contributed by atoms with Gasteiger partial charge in [0.1, 0.15) is 5.75 Å². The van der Waals surface area contributed by atoms with E-state index < -0.39 is 11.9 Å². The fourth-order valence-electron chi connectivity index (χ4n) is 2.65. The Labute approximate surface area is 149 Å². The first-order chi connectivity index (χ1) is 12.5. The maximum atomic E-state index is 12.4. The van der Waals surface area contributed by atoms with Gasteiger partial charge in [0, 0.05) is 5.69 Å². The van der Waals surface area contributed by atoms with Crippen LogP contribution in [0.15, 0.2) is 54.6 Å².